The highest BCUT2D eigenvalue weighted by atomic mass is 16.3. The standard InChI is InChI=1S/C40H58O2/c1-31(2)17-13-20-34(5)23-15-25-35(6)24-14-21-32(3)18-11-12-19-33(4)22-16-26-36(7)27-28-38-37(39(8,9)41)29-30-40(38,10)42/h11-12,14-19,21-28,37-38,41-42H,13,20,29-30H2,1-10H3/b12-11+,21-14+,22-16+,25-15+,28-27+,32-18+,33-19+,34-23+,35-24+,36-26+/t37-,38?,40+/m1/s1. The monoisotopic (exact) mass is 570 g/mol. The van der Waals surface area contributed by atoms with Crippen molar-refractivity contribution in [2.24, 2.45) is 11.8 Å². The van der Waals surface area contributed by atoms with Crippen LogP contribution in [0.2, 0.25) is 0 Å². The lowest BCUT2D eigenvalue weighted by Gasteiger charge is -2.33. The van der Waals surface area contributed by atoms with E-state index in [0.717, 1.165) is 30.4 Å². The zero-order valence-electron chi connectivity index (χ0n) is 28.1. The van der Waals surface area contributed by atoms with Crippen molar-refractivity contribution in [1.82, 2.24) is 0 Å². The molecule has 1 rings (SSSR count). The highest BCUT2D eigenvalue weighted by Gasteiger charge is 2.47. The van der Waals surface area contributed by atoms with Crippen LogP contribution in [0.25, 0.3) is 0 Å². The van der Waals surface area contributed by atoms with Gasteiger partial charge in [-0.3, -0.25) is 0 Å². The van der Waals surface area contributed by atoms with Crippen molar-refractivity contribution in [3.05, 3.63) is 131 Å². The Kier molecular flexibility index (Phi) is 16.4. The average Bonchev–Trinajstić information content (AvgIpc) is 3.19. The molecule has 0 aromatic carbocycles. The highest BCUT2D eigenvalue weighted by Crippen LogP contribution is 2.46. The van der Waals surface area contributed by atoms with Crippen LogP contribution < -0.4 is 0 Å². The first-order chi connectivity index (χ1) is 19.6. The van der Waals surface area contributed by atoms with Crippen molar-refractivity contribution in [1.29, 1.82) is 0 Å². The van der Waals surface area contributed by atoms with Crippen molar-refractivity contribution < 1.29 is 10.2 Å². The fraction of sp³-hybridized carbons (Fsp3) is 0.450. The van der Waals surface area contributed by atoms with Crippen LogP contribution in [0.5, 0.6) is 0 Å². The van der Waals surface area contributed by atoms with Gasteiger partial charge in [0, 0.05) is 5.92 Å². The summed E-state index contributed by atoms with van der Waals surface area (Å²) < 4.78 is 0. The van der Waals surface area contributed by atoms with Gasteiger partial charge < -0.3 is 10.2 Å². The van der Waals surface area contributed by atoms with E-state index in [2.05, 4.69) is 140 Å². The van der Waals surface area contributed by atoms with Crippen LogP contribution in [0.15, 0.2) is 131 Å². The predicted molar refractivity (Wildman–Crippen MR) is 186 cm³/mol. The third-order valence-corrected chi connectivity index (χ3v) is 7.68. The van der Waals surface area contributed by atoms with Crippen LogP contribution >= 0.6 is 0 Å². The van der Waals surface area contributed by atoms with Gasteiger partial charge in [-0.2, -0.15) is 0 Å². The number of aliphatic hydroxyl groups is 2. The summed E-state index contributed by atoms with van der Waals surface area (Å²) in [5.74, 6) is -0.00110. The molecule has 0 bridgehead atoms. The maximum atomic E-state index is 10.8. The SMILES string of the molecule is CC(C)=CCC/C(C)=C/C=C/C(C)=C/C=C/C(C)=C/C=C/C=C(C)/C=C/C=C(C)/C=C/C1[C@H](C(C)(C)O)CC[C@]1(C)O. The minimum absolute atomic E-state index is 0.0552. The number of rotatable bonds is 14. The minimum Gasteiger partial charge on any atom is -0.390 e. The Morgan fingerprint density at radius 3 is 1.64 bits per heavy atom. The molecular formula is C40H58O2. The van der Waals surface area contributed by atoms with E-state index in [1.54, 1.807) is 0 Å². The Morgan fingerprint density at radius 1 is 0.714 bits per heavy atom. The third kappa shape index (κ3) is 15.9. The van der Waals surface area contributed by atoms with E-state index in [1.807, 2.05) is 26.8 Å². The van der Waals surface area contributed by atoms with E-state index in [4.69, 9.17) is 0 Å². The largest absolute Gasteiger partial charge is 0.390 e. The zero-order chi connectivity index (χ0) is 31.8. The van der Waals surface area contributed by atoms with Gasteiger partial charge in [0.25, 0.3) is 0 Å². The van der Waals surface area contributed by atoms with E-state index in [1.165, 1.54) is 22.3 Å². The first kappa shape index (κ1) is 37.1. The number of allylic oxidation sites excluding steroid dienone is 21. The molecule has 1 unspecified atom stereocenters. The van der Waals surface area contributed by atoms with Gasteiger partial charge >= 0.3 is 0 Å². The molecule has 0 heterocycles. The maximum Gasteiger partial charge on any atom is 0.0686 e. The van der Waals surface area contributed by atoms with E-state index in [9.17, 15) is 10.2 Å². The second-order valence-corrected chi connectivity index (χ2v) is 13.0. The van der Waals surface area contributed by atoms with Crippen LogP contribution in [-0.2, 0) is 0 Å². The van der Waals surface area contributed by atoms with Crippen molar-refractivity contribution in [3.8, 4) is 0 Å². The fourth-order valence-corrected chi connectivity index (χ4v) is 4.99. The first-order valence-corrected chi connectivity index (χ1v) is 15.4. The van der Waals surface area contributed by atoms with Crippen LogP contribution in [0, 0.1) is 11.8 Å². The van der Waals surface area contributed by atoms with Gasteiger partial charge in [-0.1, -0.05) is 131 Å². The van der Waals surface area contributed by atoms with Gasteiger partial charge in [-0.25, -0.2) is 0 Å². The summed E-state index contributed by atoms with van der Waals surface area (Å²) in [6.45, 7) is 20.4. The fourth-order valence-electron chi connectivity index (χ4n) is 4.99. The molecule has 0 amide bonds. The lowest BCUT2D eigenvalue weighted by Crippen LogP contribution is -2.39. The van der Waals surface area contributed by atoms with Gasteiger partial charge in [0.1, 0.15) is 0 Å². The topological polar surface area (TPSA) is 40.5 Å². The highest BCUT2D eigenvalue weighted by molar-refractivity contribution is 5.32. The van der Waals surface area contributed by atoms with E-state index in [-0.39, 0.29) is 11.8 Å². The Morgan fingerprint density at radius 2 is 1.17 bits per heavy atom. The molecule has 0 aliphatic heterocycles. The molecule has 0 spiro atoms. The van der Waals surface area contributed by atoms with Crippen molar-refractivity contribution in [2.45, 2.75) is 106 Å². The second-order valence-electron chi connectivity index (χ2n) is 13.0. The van der Waals surface area contributed by atoms with Gasteiger partial charge in [-0.15, -0.1) is 0 Å². The molecule has 1 aliphatic rings. The summed E-state index contributed by atoms with van der Waals surface area (Å²) in [6, 6.07) is 0. The molecule has 0 saturated heterocycles. The summed E-state index contributed by atoms with van der Waals surface area (Å²) in [4.78, 5) is 0. The summed E-state index contributed by atoms with van der Waals surface area (Å²) >= 11 is 0. The van der Waals surface area contributed by atoms with Crippen molar-refractivity contribution >= 4 is 0 Å². The zero-order valence-corrected chi connectivity index (χ0v) is 28.1. The van der Waals surface area contributed by atoms with Crippen LogP contribution in [0.4, 0.5) is 0 Å². The smallest absolute Gasteiger partial charge is 0.0686 e. The molecule has 2 nitrogen and oxygen atoms in total. The Hall–Kier alpha value is -2.94. The average molecular weight is 571 g/mol. The molecule has 1 saturated carbocycles. The lowest BCUT2D eigenvalue weighted by molar-refractivity contribution is -0.0294. The number of hydrogen-bond donors (Lipinski definition) is 2. The van der Waals surface area contributed by atoms with Crippen molar-refractivity contribution in [2.75, 3.05) is 0 Å². The normalized spacial score (nSPS) is 24.0. The maximum absolute atomic E-state index is 10.8. The summed E-state index contributed by atoms with van der Waals surface area (Å²) in [7, 11) is 0. The van der Waals surface area contributed by atoms with Crippen LogP contribution in [0.3, 0.4) is 0 Å². The molecular weight excluding hydrogens is 512 g/mol. The predicted octanol–water partition coefficient (Wildman–Crippen LogP) is 10.8. The van der Waals surface area contributed by atoms with Gasteiger partial charge in [0.2, 0.25) is 0 Å². The molecule has 42 heavy (non-hydrogen) atoms. The lowest BCUT2D eigenvalue weighted by atomic mass is 9.78. The van der Waals surface area contributed by atoms with Crippen LogP contribution in [0.1, 0.15) is 94.9 Å². The molecule has 1 fully saturated rings. The molecule has 1 aliphatic carbocycles. The van der Waals surface area contributed by atoms with Gasteiger partial charge in [0.05, 0.1) is 11.2 Å². The molecule has 3 atom stereocenters. The van der Waals surface area contributed by atoms with Gasteiger partial charge in [-0.05, 0) is 101 Å². The van der Waals surface area contributed by atoms with Crippen LogP contribution in [-0.4, -0.2) is 21.4 Å². The molecule has 0 aromatic heterocycles. The molecule has 2 heteroatoms. The quantitative estimate of drug-likeness (QED) is 0.161. The second kappa shape index (κ2) is 18.6. The van der Waals surface area contributed by atoms with Gasteiger partial charge in [0.15, 0.2) is 0 Å². The van der Waals surface area contributed by atoms with E-state index >= 15 is 0 Å². The summed E-state index contributed by atoms with van der Waals surface area (Å²) in [5, 5.41) is 21.3. The molecule has 2 N–H and O–H groups in total. The summed E-state index contributed by atoms with van der Waals surface area (Å²) in [6.07, 6.45) is 37.5. The Bertz CT molecular complexity index is 1190. The number of hydrogen-bond acceptors (Lipinski definition) is 2. The van der Waals surface area contributed by atoms with E-state index in [0.29, 0.717) is 6.42 Å². The van der Waals surface area contributed by atoms with E-state index < -0.39 is 11.2 Å². The molecule has 230 valence electrons. The minimum atomic E-state index is -0.803. The first-order valence-electron chi connectivity index (χ1n) is 15.4. The third-order valence-electron chi connectivity index (χ3n) is 7.68. The molecule has 0 aromatic rings. The Balaban J connectivity index is 2.61. The molecule has 0 radical (unpaired) electrons. The summed E-state index contributed by atoms with van der Waals surface area (Å²) in [5.41, 5.74) is 5.88. The Labute approximate surface area is 258 Å². The van der Waals surface area contributed by atoms with Crippen molar-refractivity contribution in [3.63, 3.8) is 0 Å².